The Kier molecular flexibility index (Phi) is 5.13. The van der Waals surface area contributed by atoms with Gasteiger partial charge in [0, 0.05) is 50.8 Å². The second-order valence-electron chi connectivity index (χ2n) is 8.16. The van der Waals surface area contributed by atoms with Gasteiger partial charge in [-0.3, -0.25) is 4.79 Å². The van der Waals surface area contributed by atoms with E-state index in [4.69, 9.17) is 14.0 Å². The van der Waals surface area contributed by atoms with Gasteiger partial charge >= 0.3 is 6.03 Å². The van der Waals surface area contributed by atoms with Crippen LogP contribution in [0, 0.1) is 0 Å². The number of fused-ring (bicyclic) bond motifs is 1. The Bertz CT molecular complexity index is 978. The molecular weight excluding hydrogens is 402 g/mol. The largest absolute Gasteiger partial charge is 0.486 e. The fraction of sp³-hybridized carbons (Fsp3) is 0.524. The number of carbonyl (C=O) groups excluding carboxylic acids is 2. The van der Waals surface area contributed by atoms with Crippen molar-refractivity contribution in [2.45, 2.75) is 31.6 Å². The molecule has 164 valence electrons. The fourth-order valence-electron chi connectivity index (χ4n) is 4.16. The van der Waals surface area contributed by atoms with Gasteiger partial charge in [0.15, 0.2) is 17.3 Å². The minimum Gasteiger partial charge on any atom is -0.486 e. The summed E-state index contributed by atoms with van der Waals surface area (Å²) in [6, 6.07) is 5.18. The number of rotatable bonds is 3. The van der Waals surface area contributed by atoms with Crippen molar-refractivity contribution >= 4 is 17.6 Å². The van der Waals surface area contributed by atoms with Crippen molar-refractivity contribution in [1.29, 1.82) is 0 Å². The molecule has 3 aliphatic rings. The Hall–Kier alpha value is -3.30. The van der Waals surface area contributed by atoms with Gasteiger partial charge in [-0.25, -0.2) is 4.79 Å². The second-order valence-corrected chi connectivity index (χ2v) is 8.16. The van der Waals surface area contributed by atoms with E-state index in [1.807, 2.05) is 4.90 Å². The molecule has 0 bridgehead atoms. The highest BCUT2D eigenvalue weighted by atomic mass is 16.6. The third kappa shape index (κ3) is 4.01. The first kappa shape index (κ1) is 19.7. The maximum absolute atomic E-state index is 12.5. The summed E-state index contributed by atoms with van der Waals surface area (Å²) < 4.78 is 16.5. The van der Waals surface area contributed by atoms with E-state index in [0.717, 1.165) is 25.9 Å². The molecule has 10 heteroatoms. The van der Waals surface area contributed by atoms with Gasteiger partial charge in [0.2, 0.25) is 11.8 Å². The van der Waals surface area contributed by atoms with Crippen LogP contribution in [0.3, 0.4) is 0 Å². The van der Waals surface area contributed by atoms with E-state index in [1.54, 1.807) is 30.0 Å². The molecule has 4 heterocycles. The molecule has 2 fully saturated rings. The first-order valence-corrected chi connectivity index (χ1v) is 10.6. The van der Waals surface area contributed by atoms with Crippen molar-refractivity contribution in [3.63, 3.8) is 0 Å². The van der Waals surface area contributed by atoms with Gasteiger partial charge in [0.1, 0.15) is 13.2 Å². The SMILES string of the molecule is CC(=O)N1CCC(c2noc(C3CN(C(=O)Nc4ccc5c(c4)OCCO5)C3)n2)CC1. The van der Waals surface area contributed by atoms with E-state index in [2.05, 4.69) is 15.5 Å². The van der Waals surface area contributed by atoms with Crippen LogP contribution in [0.5, 0.6) is 11.5 Å². The summed E-state index contributed by atoms with van der Waals surface area (Å²) in [4.78, 5) is 32.1. The molecule has 0 aliphatic carbocycles. The Morgan fingerprint density at radius 1 is 1.03 bits per heavy atom. The number of benzene rings is 1. The number of aromatic nitrogens is 2. The number of urea groups is 1. The van der Waals surface area contributed by atoms with E-state index < -0.39 is 0 Å². The van der Waals surface area contributed by atoms with Crippen molar-refractivity contribution in [3.8, 4) is 11.5 Å². The predicted molar refractivity (Wildman–Crippen MR) is 109 cm³/mol. The lowest BCUT2D eigenvalue weighted by Gasteiger charge is -2.37. The molecule has 0 spiro atoms. The lowest BCUT2D eigenvalue weighted by Crippen LogP contribution is -2.50. The maximum atomic E-state index is 12.5. The average molecular weight is 427 g/mol. The molecule has 3 aliphatic heterocycles. The minimum atomic E-state index is -0.177. The summed E-state index contributed by atoms with van der Waals surface area (Å²) in [6.45, 7) is 5.13. The van der Waals surface area contributed by atoms with E-state index in [1.165, 1.54) is 0 Å². The molecule has 5 rings (SSSR count). The Labute approximate surface area is 179 Å². The van der Waals surface area contributed by atoms with Crippen LogP contribution >= 0.6 is 0 Å². The number of amides is 3. The molecule has 31 heavy (non-hydrogen) atoms. The van der Waals surface area contributed by atoms with Crippen LogP contribution in [-0.2, 0) is 4.79 Å². The summed E-state index contributed by atoms with van der Waals surface area (Å²) in [5.74, 6) is 2.97. The Morgan fingerprint density at radius 3 is 2.52 bits per heavy atom. The Morgan fingerprint density at radius 2 is 1.77 bits per heavy atom. The summed E-state index contributed by atoms with van der Waals surface area (Å²) in [5, 5.41) is 7.05. The van der Waals surface area contributed by atoms with Crippen LogP contribution in [-0.4, -0.2) is 71.3 Å². The molecule has 0 saturated carbocycles. The first-order valence-electron chi connectivity index (χ1n) is 10.6. The van der Waals surface area contributed by atoms with E-state index in [-0.39, 0.29) is 23.8 Å². The molecule has 1 aromatic carbocycles. The van der Waals surface area contributed by atoms with Crippen molar-refractivity contribution in [2.75, 3.05) is 44.7 Å². The highest BCUT2D eigenvalue weighted by molar-refractivity contribution is 5.90. The highest BCUT2D eigenvalue weighted by Gasteiger charge is 2.36. The fourth-order valence-corrected chi connectivity index (χ4v) is 4.16. The highest BCUT2D eigenvalue weighted by Crippen LogP contribution is 2.34. The molecule has 0 atom stereocenters. The number of hydrogen-bond donors (Lipinski definition) is 1. The van der Waals surface area contributed by atoms with Crippen LogP contribution in [0.4, 0.5) is 10.5 Å². The molecule has 10 nitrogen and oxygen atoms in total. The monoisotopic (exact) mass is 427 g/mol. The lowest BCUT2D eigenvalue weighted by atomic mass is 9.96. The number of anilines is 1. The smallest absolute Gasteiger partial charge is 0.321 e. The summed E-state index contributed by atoms with van der Waals surface area (Å²) in [7, 11) is 0. The molecular formula is C21H25N5O5. The summed E-state index contributed by atoms with van der Waals surface area (Å²) >= 11 is 0. The third-order valence-electron chi connectivity index (χ3n) is 6.07. The number of ether oxygens (including phenoxy) is 2. The standard InChI is InChI=1S/C21H25N5O5/c1-13(27)25-6-4-14(5-7-25)19-23-20(31-24-19)15-11-26(12-15)21(28)22-16-2-3-17-18(10-16)30-9-8-29-17/h2-3,10,14-15H,4-9,11-12H2,1H3,(H,22,28). The molecule has 3 amide bonds. The first-order chi connectivity index (χ1) is 15.1. The number of likely N-dealkylation sites (tertiary alicyclic amines) is 2. The molecule has 1 N–H and O–H groups in total. The van der Waals surface area contributed by atoms with Gasteiger partial charge in [-0.15, -0.1) is 0 Å². The average Bonchev–Trinajstić information content (AvgIpc) is 3.22. The normalized spacial score (nSPS) is 19.1. The second kappa shape index (κ2) is 8.09. The maximum Gasteiger partial charge on any atom is 0.321 e. The number of hydrogen-bond acceptors (Lipinski definition) is 7. The van der Waals surface area contributed by atoms with E-state index >= 15 is 0 Å². The zero-order chi connectivity index (χ0) is 21.4. The zero-order valence-electron chi connectivity index (χ0n) is 17.4. The van der Waals surface area contributed by atoms with Gasteiger partial charge in [0.05, 0.1) is 5.92 Å². The molecule has 0 unspecified atom stereocenters. The minimum absolute atomic E-state index is 0.0459. The molecule has 2 saturated heterocycles. The van der Waals surface area contributed by atoms with Crippen molar-refractivity contribution in [1.82, 2.24) is 19.9 Å². The number of nitrogens with one attached hydrogen (secondary N) is 1. The topological polar surface area (TPSA) is 110 Å². The van der Waals surface area contributed by atoms with Gasteiger partial charge in [0.25, 0.3) is 0 Å². The van der Waals surface area contributed by atoms with Crippen molar-refractivity contribution in [2.24, 2.45) is 0 Å². The van der Waals surface area contributed by atoms with Gasteiger partial charge < -0.3 is 29.1 Å². The predicted octanol–water partition coefficient (Wildman–Crippen LogP) is 2.20. The number of nitrogens with zero attached hydrogens (tertiary/aromatic N) is 4. The van der Waals surface area contributed by atoms with Crippen LogP contribution in [0.25, 0.3) is 0 Å². The summed E-state index contributed by atoms with van der Waals surface area (Å²) in [5.41, 5.74) is 0.662. The van der Waals surface area contributed by atoms with Crippen LogP contribution in [0.1, 0.15) is 43.3 Å². The lowest BCUT2D eigenvalue weighted by molar-refractivity contribution is -0.129. The quantitative estimate of drug-likeness (QED) is 0.799. The molecule has 2 aromatic rings. The third-order valence-corrected chi connectivity index (χ3v) is 6.07. The van der Waals surface area contributed by atoms with Crippen molar-refractivity contribution in [3.05, 3.63) is 29.9 Å². The molecule has 1 aromatic heterocycles. The summed E-state index contributed by atoms with van der Waals surface area (Å²) in [6.07, 6.45) is 1.68. The van der Waals surface area contributed by atoms with Gasteiger partial charge in [-0.2, -0.15) is 4.98 Å². The van der Waals surface area contributed by atoms with Gasteiger partial charge in [-0.05, 0) is 25.0 Å². The zero-order valence-corrected chi connectivity index (χ0v) is 17.4. The van der Waals surface area contributed by atoms with Crippen LogP contribution in [0.2, 0.25) is 0 Å². The van der Waals surface area contributed by atoms with E-state index in [9.17, 15) is 9.59 Å². The number of piperidine rings is 1. The van der Waals surface area contributed by atoms with Crippen molar-refractivity contribution < 1.29 is 23.6 Å². The van der Waals surface area contributed by atoms with E-state index in [0.29, 0.717) is 55.2 Å². The molecule has 0 radical (unpaired) electrons. The van der Waals surface area contributed by atoms with Crippen LogP contribution < -0.4 is 14.8 Å². The van der Waals surface area contributed by atoms with Gasteiger partial charge in [-0.1, -0.05) is 5.16 Å². The van der Waals surface area contributed by atoms with Crippen LogP contribution in [0.15, 0.2) is 22.7 Å². The number of carbonyl (C=O) groups is 2. The Balaban J connectivity index is 1.13.